The number of aromatic nitrogens is 3. The van der Waals surface area contributed by atoms with Gasteiger partial charge in [0.1, 0.15) is 5.75 Å². The summed E-state index contributed by atoms with van der Waals surface area (Å²) in [6.07, 6.45) is 5.82. The maximum absolute atomic E-state index is 12.9. The van der Waals surface area contributed by atoms with Crippen molar-refractivity contribution < 1.29 is 14.3 Å². The normalized spacial score (nSPS) is 11.5. The number of pyridine rings is 1. The van der Waals surface area contributed by atoms with Crippen LogP contribution in [0.2, 0.25) is 5.02 Å². The van der Waals surface area contributed by atoms with Crippen molar-refractivity contribution in [2.24, 2.45) is 5.73 Å². The van der Waals surface area contributed by atoms with E-state index in [1.54, 1.807) is 62.9 Å². The Kier molecular flexibility index (Phi) is 8.80. The van der Waals surface area contributed by atoms with E-state index in [9.17, 15) is 14.4 Å². The molecule has 0 saturated carbocycles. The van der Waals surface area contributed by atoms with E-state index >= 15 is 0 Å². The number of halogens is 1. The quantitative estimate of drug-likeness (QED) is 0.366. The average Bonchev–Trinajstić information content (AvgIpc) is 2.84. The molecule has 1 aromatic carbocycles. The van der Waals surface area contributed by atoms with Crippen LogP contribution >= 0.6 is 11.6 Å². The number of nitrogens with one attached hydrogen (secondary N) is 2. The molecule has 2 aromatic heterocycles. The number of benzene rings is 1. The van der Waals surface area contributed by atoms with E-state index in [0.29, 0.717) is 46.1 Å². The number of ether oxygens (including phenoxy) is 1. The van der Waals surface area contributed by atoms with Gasteiger partial charge in [0, 0.05) is 41.3 Å². The van der Waals surface area contributed by atoms with Crippen molar-refractivity contribution >= 4 is 23.4 Å². The molecule has 35 heavy (non-hydrogen) atoms. The second-order valence-corrected chi connectivity index (χ2v) is 8.24. The van der Waals surface area contributed by atoms with Crippen LogP contribution in [-0.2, 0) is 29.1 Å². The molecule has 0 fully saturated rings. The summed E-state index contributed by atoms with van der Waals surface area (Å²) < 4.78 is 7.04. The molecular formula is C24H27ClN6O4. The highest BCUT2D eigenvalue weighted by atomic mass is 35.5. The predicted octanol–water partition coefficient (Wildman–Crippen LogP) is 1.85. The van der Waals surface area contributed by atoms with E-state index < -0.39 is 12.0 Å². The molecule has 1 atom stereocenters. The molecule has 10 nitrogen and oxygen atoms in total. The lowest BCUT2D eigenvalue weighted by molar-refractivity contribution is -0.125. The highest BCUT2D eigenvalue weighted by molar-refractivity contribution is 6.30. The zero-order chi connectivity index (χ0) is 25.4. The topological polar surface area (TPSA) is 141 Å². The summed E-state index contributed by atoms with van der Waals surface area (Å²) in [7, 11) is 0. The summed E-state index contributed by atoms with van der Waals surface area (Å²) in [5.74, 6) is -0.544. The van der Waals surface area contributed by atoms with Gasteiger partial charge in [-0.05, 0) is 43.2 Å². The molecule has 4 N–H and O–H groups in total. The van der Waals surface area contributed by atoms with E-state index in [-0.39, 0.29) is 24.4 Å². The first-order valence-corrected chi connectivity index (χ1v) is 11.4. The van der Waals surface area contributed by atoms with Crippen LogP contribution in [0, 0.1) is 6.92 Å². The minimum atomic E-state index is -0.801. The van der Waals surface area contributed by atoms with Crippen molar-refractivity contribution in [3.8, 4) is 5.75 Å². The van der Waals surface area contributed by atoms with Gasteiger partial charge in [-0.15, -0.1) is 0 Å². The Bertz CT molecular complexity index is 1250. The van der Waals surface area contributed by atoms with Crippen molar-refractivity contribution in [3.63, 3.8) is 0 Å². The molecule has 1 unspecified atom stereocenters. The SMILES string of the molecule is CCC(Oc1ccc(Cl)cc1CNC(=O)Cc1c(C)ccn(NCc2cnccn2)c1=O)C(N)=O. The monoisotopic (exact) mass is 498 g/mol. The number of rotatable bonds is 11. The molecule has 0 aliphatic heterocycles. The fourth-order valence-electron chi connectivity index (χ4n) is 3.31. The van der Waals surface area contributed by atoms with Gasteiger partial charge in [-0.1, -0.05) is 18.5 Å². The average molecular weight is 499 g/mol. The number of amides is 2. The Labute approximate surface area is 207 Å². The van der Waals surface area contributed by atoms with Crippen LogP contribution < -0.4 is 26.8 Å². The third-order valence-electron chi connectivity index (χ3n) is 5.27. The third-order valence-corrected chi connectivity index (χ3v) is 5.50. The maximum Gasteiger partial charge on any atom is 0.272 e. The summed E-state index contributed by atoms with van der Waals surface area (Å²) >= 11 is 6.11. The van der Waals surface area contributed by atoms with Gasteiger partial charge in [-0.2, -0.15) is 0 Å². The Morgan fingerprint density at radius 1 is 1.23 bits per heavy atom. The third kappa shape index (κ3) is 7.03. The fraction of sp³-hybridized carbons (Fsp3) is 0.292. The maximum atomic E-state index is 12.9. The Hall–Kier alpha value is -3.92. The highest BCUT2D eigenvalue weighted by Crippen LogP contribution is 2.24. The number of aryl methyl sites for hydroxylation is 1. The molecule has 0 aliphatic carbocycles. The van der Waals surface area contributed by atoms with Crippen molar-refractivity contribution in [3.05, 3.63) is 86.8 Å². The van der Waals surface area contributed by atoms with Gasteiger partial charge >= 0.3 is 0 Å². The molecule has 11 heteroatoms. The van der Waals surface area contributed by atoms with E-state index in [1.807, 2.05) is 0 Å². The second-order valence-electron chi connectivity index (χ2n) is 7.81. The summed E-state index contributed by atoms with van der Waals surface area (Å²) in [4.78, 5) is 45.4. The Balaban J connectivity index is 1.68. The lowest BCUT2D eigenvalue weighted by Crippen LogP contribution is -2.35. The van der Waals surface area contributed by atoms with Crippen LogP contribution in [0.15, 0.2) is 53.8 Å². The molecule has 0 spiro atoms. The molecule has 2 amide bonds. The molecule has 3 aromatic rings. The number of nitrogens with zero attached hydrogens (tertiary/aromatic N) is 3. The molecule has 0 radical (unpaired) electrons. The van der Waals surface area contributed by atoms with E-state index in [2.05, 4.69) is 20.7 Å². The molecule has 2 heterocycles. The van der Waals surface area contributed by atoms with Crippen LogP contribution in [-0.4, -0.2) is 32.6 Å². The van der Waals surface area contributed by atoms with Crippen molar-refractivity contribution in [2.45, 2.75) is 45.9 Å². The first-order chi connectivity index (χ1) is 16.8. The van der Waals surface area contributed by atoms with Gasteiger partial charge in [0.15, 0.2) is 6.10 Å². The largest absolute Gasteiger partial charge is 0.480 e. The lowest BCUT2D eigenvalue weighted by Gasteiger charge is -2.18. The molecule has 0 bridgehead atoms. The fourth-order valence-corrected chi connectivity index (χ4v) is 3.50. The van der Waals surface area contributed by atoms with Gasteiger partial charge in [0.05, 0.1) is 24.9 Å². The van der Waals surface area contributed by atoms with Crippen molar-refractivity contribution in [1.29, 1.82) is 0 Å². The zero-order valence-corrected chi connectivity index (χ0v) is 20.2. The molecule has 184 valence electrons. The first kappa shape index (κ1) is 25.7. The van der Waals surface area contributed by atoms with Crippen molar-refractivity contribution in [1.82, 2.24) is 20.0 Å². The number of nitrogens with two attached hydrogens (primary N) is 1. The minimum Gasteiger partial charge on any atom is -0.480 e. The van der Waals surface area contributed by atoms with Crippen LogP contribution in [0.4, 0.5) is 0 Å². The van der Waals surface area contributed by atoms with Crippen LogP contribution in [0.3, 0.4) is 0 Å². The smallest absolute Gasteiger partial charge is 0.272 e. The van der Waals surface area contributed by atoms with Crippen LogP contribution in [0.25, 0.3) is 0 Å². The minimum absolute atomic E-state index is 0.0922. The summed E-state index contributed by atoms with van der Waals surface area (Å²) in [6, 6.07) is 6.64. The number of carbonyl (C=O) groups excluding carboxylic acids is 2. The summed E-state index contributed by atoms with van der Waals surface area (Å²) in [5, 5.41) is 3.24. The first-order valence-electron chi connectivity index (χ1n) is 11.0. The molecular weight excluding hydrogens is 472 g/mol. The molecule has 3 rings (SSSR count). The zero-order valence-electron chi connectivity index (χ0n) is 19.5. The van der Waals surface area contributed by atoms with E-state index in [0.717, 1.165) is 0 Å². The van der Waals surface area contributed by atoms with Crippen LogP contribution in [0.5, 0.6) is 5.75 Å². The Morgan fingerprint density at radius 2 is 2.03 bits per heavy atom. The van der Waals surface area contributed by atoms with E-state index in [4.69, 9.17) is 22.1 Å². The summed E-state index contributed by atoms with van der Waals surface area (Å²) in [5.41, 5.74) is 10.3. The van der Waals surface area contributed by atoms with Crippen molar-refractivity contribution in [2.75, 3.05) is 5.43 Å². The predicted molar refractivity (Wildman–Crippen MR) is 131 cm³/mol. The van der Waals surface area contributed by atoms with Crippen LogP contribution in [0.1, 0.15) is 35.7 Å². The van der Waals surface area contributed by atoms with Gasteiger partial charge in [0.2, 0.25) is 5.91 Å². The molecule has 0 aliphatic rings. The van der Waals surface area contributed by atoms with Gasteiger partial charge in [-0.3, -0.25) is 24.4 Å². The number of carbonyl (C=O) groups is 2. The highest BCUT2D eigenvalue weighted by Gasteiger charge is 2.18. The lowest BCUT2D eigenvalue weighted by atomic mass is 10.1. The number of primary amides is 1. The van der Waals surface area contributed by atoms with Gasteiger partial charge in [-0.25, -0.2) is 4.68 Å². The Morgan fingerprint density at radius 3 is 2.71 bits per heavy atom. The number of hydrogen-bond acceptors (Lipinski definition) is 7. The standard InChI is InChI=1S/C24H27ClN6O4/c1-3-20(23(26)33)35-21-5-4-17(25)10-16(21)12-29-22(32)11-19-15(2)6-9-31(24(19)34)30-14-18-13-27-7-8-28-18/h4-10,13,20,30H,3,11-12,14H2,1-2H3,(H2,26,33)(H,29,32). The van der Waals surface area contributed by atoms with E-state index in [1.165, 1.54) is 4.68 Å². The van der Waals surface area contributed by atoms with Gasteiger partial charge in [0.25, 0.3) is 11.5 Å². The second kappa shape index (κ2) is 12.0. The summed E-state index contributed by atoms with van der Waals surface area (Å²) in [6.45, 7) is 3.94. The number of hydrogen-bond donors (Lipinski definition) is 3. The molecule has 0 saturated heterocycles. The van der Waals surface area contributed by atoms with Gasteiger partial charge < -0.3 is 21.2 Å².